The molecule has 0 aromatic heterocycles. The van der Waals surface area contributed by atoms with Gasteiger partial charge in [-0.2, -0.15) is 0 Å². The molecule has 1 rings (SSSR count). The van der Waals surface area contributed by atoms with E-state index in [0.29, 0.717) is 12.2 Å². The summed E-state index contributed by atoms with van der Waals surface area (Å²) in [6, 6.07) is 0. The van der Waals surface area contributed by atoms with Crippen LogP contribution >= 0.6 is 0 Å². The summed E-state index contributed by atoms with van der Waals surface area (Å²) < 4.78 is 12.7. The van der Waals surface area contributed by atoms with Crippen LogP contribution in [0.3, 0.4) is 0 Å². The molecule has 0 amide bonds. The first-order valence-electron chi connectivity index (χ1n) is 7.46. The number of hydrogen-bond donors (Lipinski definition) is 0. The van der Waals surface area contributed by atoms with E-state index in [4.69, 9.17) is 8.85 Å². The van der Waals surface area contributed by atoms with Crippen LogP contribution < -0.4 is 0 Å². The fourth-order valence-electron chi connectivity index (χ4n) is 2.86. The molecule has 1 saturated carbocycles. The molecule has 1 aliphatic rings. The van der Waals surface area contributed by atoms with Gasteiger partial charge in [-0.3, -0.25) is 0 Å². The Morgan fingerprint density at radius 2 is 1.22 bits per heavy atom. The molecule has 18 heavy (non-hydrogen) atoms. The second-order valence-corrected chi connectivity index (χ2v) is 16.6. The third kappa shape index (κ3) is 6.00. The van der Waals surface area contributed by atoms with Crippen LogP contribution in [0.15, 0.2) is 0 Å². The highest BCUT2D eigenvalue weighted by Crippen LogP contribution is 2.36. The molecule has 0 spiro atoms. The van der Waals surface area contributed by atoms with Crippen LogP contribution in [-0.4, -0.2) is 28.8 Å². The first-order valence-corrected chi connectivity index (χ1v) is 14.3. The lowest BCUT2D eigenvalue weighted by atomic mass is 10.0. The Kier molecular flexibility index (Phi) is 5.65. The Bertz CT molecular complexity index is 232. The summed E-state index contributed by atoms with van der Waals surface area (Å²) in [6.07, 6.45) is 5.77. The van der Waals surface area contributed by atoms with Gasteiger partial charge in [0.15, 0.2) is 16.6 Å². The van der Waals surface area contributed by atoms with Gasteiger partial charge >= 0.3 is 0 Å². The molecule has 0 N–H and O–H groups in total. The summed E-state index contributed by atoms with van der Waals surface area (Å²) in [5.41, 5.74) is 0. The molecular weight excluding hydrogens is 256 g/mol. The molecule has 4 heteroatoms. The maximum Gasteiger partial charge on any atom is 0.184 e. The average Bonchev–Trinajstić information content (AvgIpc) is 2.42. The molecule has 0 bridgehead atoms. The van der Waals surface area contributed by atoms with Crippen molar-refractivity contribution in [2.75, 3.05) is 0 Å². The Morgan fingerprint density at radius 1 is 0.833 bits per heavy atom. The molecule has 0 aliphatic heterocycles. The molecule has 0 heterocycles. The third-order valence-electron chi connectivity index (χ3n) is 3.25. The van der Waals surface area contributed by atoms with Crippen LogP contribution in [0.1, 0.15) is 32.6 Å². The predicted octanol–water partition coefficient (Wildman–Crippen LogP) is 4.64. The van der Waals surface area contributed by atoms with E-state index in [1.54, 1.807) is 0 Å². The molecule has 2 unspecified atom stereocenters. The lowest BCUT2D eigenvalue weighted by Crippen LogP contribution is -2.41. The average molecular weight is 289 g/mol. The normalized spacial score (nSPS) is 29.8. The van der Waals surface area contributed by atoms with Crippen molar-refractivity contribution in [3.8, 4) is 0 Å². The van der Waals surface area contributed by atoms with Crippen LogP contribution in [0.25, 0.3) is 0 Å². The minimum atomic E-state index is -1.46. The van der Waals surface area contributed by atoms with Crippen LogP contribution in [-0.2, 0) is 8.85 Å². The standard InChI is InChI=1S/C14H32O2Si2/c1-8-9-12-10-13(15-17(2,3)4)14(11-12)16-18(5,6)7/h12-14H,8-11H2,1-7H3. The van der Waals surface area contributed by atoms with Crippen molar-refractivity contribution < 1.29 is 8.85 Å². The maximum atomic E-state index is 6.37. The topological polar surface area (TPSA) is 18.5 Å². The van der Waals surface area contributed by atoms with Crippen LogP contribution in [0, 0.1) is 5.92 Å². The van der Waals surface area contributed by atoms with E-state index in [1.165, 1.54) is 25.7 Å². The first kappa shape index (κ1) is 16.4. The van der Waals surface area contributed by atoms with Gasteiger partial charge in [0.2, 0.25) is 0 Å². The molecule has 0 aromatic carbocycles. The third-order valence-corrected chi connectivity index (χ3v) is 5.27. The minimum absolute atomic E-state index is 0.361. The van der Waals surface area contributed by atoms with E-state index in [2.05, 4.69) is 46.2 Å². The summed E-state index contributed by atoms with van der Waals surface area (Å²) in [7, 11) is -2.91. The molecule has 0 radical (unpaired) electrons. The predicted molar refractivity (Wildman–Crippen MR) is 84.1 cm³/mol. The smallest absolute Gasteiger partial charge is 0.184 e. The van der Waals surface area contributed by atoms with Crippen molar-refractivity contribution in [3.05, 3.63) is 0 Å². The van der Waals surface area contributed by atoms with E-state index >= 15 is 0 Å². The van der Waals surface area contributed by atoms with Gasteiger partial charge in [0.25, 0.3) is 0 Å². The lowest BCUT2D eigenvalue weighted by Gasteiger charge is -2.31. The number of rotatable bonds is 6. The Balaban J connectivity index is 2.64. The largest absolute Gasteiger partial charge is 0.412 e. The van der Waals surface area contributed by atoms with Crippen LogP contribution in [0.5, 0.6) is 0 Å². The van der Waals surface area contributed by atoms with Gasteiger partial charge in [-0.25, -0.2) is 0 Å². The summed E-state index contributed by atoms with van der Waals surface area (Å²) >= 11 is 0. The highest BCUT2D eigenvalue weighted by molar-refractivity contribution is 6.70. The van der Waals surface area contributed by atoms with Gasteiger partial charge in [0.1, 0.15) is 0 Å². The van der Waals surface area contributed by atoms with Gasteiger partial charge in [0, 0.05) is 0 Å². The Morgan fingerprint density at radius 3 is 1.50 bits per heavy atom. The monoisotopic (exact) mass is 288 g/mol. The molecule has 2 atom stereocenters. The van der Waals surface area contributed by atoms with E-state index in [0.717, 1.165) is 5.92 Å². The molecule has 1 fully saturated rings. The first-order chi connectivity index (χ1) is 8.11. The fraction of sp³-hybridized carbons (Fsp3) is 1.00. The van der Waals surface area contributed by atoms with Gasteiger partial charge in [-0.1, -0.05) is 19.8 Å². The molecule has 2 nitrogen and oxygen atoms in total. The fourth-order valence-corrected chi connectivity index (χ4v) is 5.17. The van der Waals surface area contributed by atoms with Gasteiger partial charge in [-0.15, -0.1) is 0 Å². The molecule has 0 saturated heterocycles. The zero-order valence-electron chi connectivity index (χ0n) is 13.4. The van der Waals surface area contributed by atoms with E-state index in [9.17, 15) is 0 Å². The Labute approximate surface area is 116 Å². The van der Waals surface area contributed by atoms with Crippen molar-refractivity contribution in [3.63, 3.8) is 0 Å². The molecule has 0 aromatic rings. The molecule has 1 aliphatic carbocycles. The zero-order valence-corrected chi connectivity index (χ0v) is 15.4. The van der Waals surface area contributed by atoms with Crippen molar-refractivity contribution in [1.29, 1.82) is 0 Å². The van der Waals surface area contributed by atoms with Crippen molar-refractivity contribution in [1.82, 2.24) is 0 Å². The van der Waals surface area contributed by atoms with Crippen LogP contribution in [0.4, 0.5) is 0 Å². The van der Waals surface area contributed by atoms with Gasteiger partial charge in [0.05, 0.1) is 12.2 Å². The van der Waals surface area contributed by atoms with Crippen molar-refractivity contribution in [2.45, 2.75) is 84.1 Å². The molecule has 108 valence electrons. The van der Waals surface area contributed by atoms with Crippen molar-refractivity contribution >= 4 is 16.6 Å². The summed E-state index contributed by atoms with van der Waals surface area (Å²) in [5.74, 6) is 0.817. The van der Waals surface area contributed by atoms with Gasteiger partial charge in [-0.05, 0) is 58.0 Å². The SMILES string of the molecule is CCCC1CC(O[Si](C)(C)C)C(O[Si](C)(C)C)C1. The lowest BCUT2D eigenvalue weighted by molar-refractivity contribution is 0.0679. The quantitative estimate of drug-likeness (QED) is 0.663. The maximum absolute atomic E-state index is 6.37. The summed E-state index contributed by atoms with van der Waals surface area (Å²) in [5, 5.41) is 0. The minimum Gasteiger partial charge on any atom is -0.412 e. The highest BCUT2D eigenvalue weighted by atomic mass is 28.4. The van der Waals surface area contributed by atoms with Crippen molar-refractivity contribution in [2.24, 2.45) is 5.92 Å². The summed E-state index contributed by atoms with van der Waals surface area (Å²) in [4.78, 5) is 0. The highest BCUT2D eigenvalue weighted by Gasteiger charge is 2.39. The number of hydrogen-bond acceptors (Lipinski definition) is 2. The van der Waals surface area contributed by atoms with E-state index in [-0.39, 0.29) is 0 Å². The molecular formula is C14H32O2Si2. The van der Waals surface area contributed by atoms with Crippen LogP contribution in [0.2, 0.25) is 39.3 Å². The van der Waals surface area contributed by atoms with E-state index in [1.807, 2.05) is 0 Å². The Hall–Kier alpha value is 0.354. The summed E-state index contributed by atoms with van der Waals surface area (Å²) in [6.45, 7) is 16.0. The zero-order chi connectivity index (χ0) is 14.0. The second-order valence-electron chi connectivity index (χ2n) is 7.66. The second kappa shape index (κ2) is 6.20. The van der Waals surface area contributed by atoms with Gasteiger partial charge < -0.3 is 8.85 Å². The van der Waals surface area contributed by atoms with E-state index < -0.39 is 16.6 Å².